The number of nitrogens with two attached hydrogens (primary N) is 1. The largest absolute Gasteiger partial charge is 0.348 e. The average molecular weight is 521 g/mol. The van der Waals surface area contributed by atoms with Gasteiger partial charge in [0, 0.05) is 22.5 Å². The van der Waals surface area contributed by atoms with Crippen LogP contribution in [0.3, 0.4) is 0 Å². The molecule has 0 spiro atoms. The van der Waals surface area contributed by atoms with Crippen molar-refractivity contribution in [3.05, 3.63) is 81.8 Å². The minimum atomic E-state index is -0.630. The van der Waals surface area contributed by atoms with E-state index in [4.69, 9.17) is 5.73 Å². The van der Waals surface area contributed by atoms with Gasteiger partial charge in [-0.15, -0.1) is 11.3 Å². The molecule has 4 N–H and O–H groups in total. The molecule has 1 aliphatic heterocycles. The number of hydrogen-bond donors (Lipinski definition) is 3. The van der Waals surface area contributed by atoms with Crippen LogP contribution in [0.25, 0.3) is 0 Å². The summed E-state index contributed by atoms with van der Waals surface area (Å²) >= 11 is 1.48. The van der Waals surface area contributed by atoms with Crippen LogP contribution in [0.2, 0.25) is 0 Å². The Morgan fingerprint density at radius 2 is 1.89 bits per heavy atom. The molecule has 37 heavy (non-hydrogen) atoms. The van der Waals surface area contributed by atoms with E-state index in [-0.39, 0.29) is 42.6 Å². The molecule has 9 heteroatoms. The highest BCUT2D eigenvalue weighted by Gasteiger charge is 2.34. The van der Waals surface area contributed by atoms with E-state index in [0.29, 0.717) is 22.5 Å². The molecular weight excluding hydrogens is 491 g/mol. The van der Waals surface area contributed by atoms with Crippen LogP contribution in [0.4, 0.5) is 15.8 Å². The quantitative estimate of drug-likeness (QED) is 0.459. The second-order valence-electron chi connectivity index (χ2n) is 9.60. The van der Waals surface area contributed by atoms with Gasteiger partial charge in [-0.05, 0) is 60.2 Å². The molecule has 2 aromatic carbocycles. The molecule has 3 amide bonds. The normalized spacial score (nSPS) is 21.5. The van der Waals surface area contributed by atoms with Crippen LogP contribution in [-0.2, 0) is 16.0 Å². The van der Waals surface area contributed by atoms with Crippen molar-refractivity contribution in [2.24, 2.45) is 5.73 Å². The fourth-order valence-electron chi connectivity index (χ4n) is 5.12. The van der Waals surface area contributed by atoms with Crippen molar-refractivity contribution in [1.29, 1.82) is 0 Å². The number of amides is 3. The Kier molecular flexibility index (Phi) is 7.34. The van der Waals surface area contributed by atoms with Gasteiger partial charge in [0.05, 0.1) is 30.3 Å². The highest BCUT2D eigenvalue weighted by Crippen LogP contribution is 2.39. The molecule has 1 saturated carbocycles. The van der Waals surface area contributed by atoms with E-state index in [2.05, 4.69) is 10.6 Å². The van der Waals surface area contributed by atoms with Crippen LogP contribution in [0.1, 0.15) is 58.9 Å². The third-order valence-electron chi connectivity index (χ3n) is 7.05. The van der Waals surface area contributed by atoms with E-state index >= 15 is 0 Å². The first-order valence-corrected chi connectivity index (χ1v) is 13.4. The van der Waals surface area contributed by atoms with Crippen molar-refractivity contribution >= 4 is 40.4 Å². The Morgan fingerprint density at radius 3 is 2.62 bits per heavy atom. The second kappa shape index (κ2) is 10.8. The molecule has 2 aliphatic rings. The van der Waals surface area contributed by atoms with E-state index in [1.807, 2.05) is 17.5 Å². The van der Waals surface area contributed by atoms with Gasteiger partial charge in [0.2, 0.25) is 11.8 Å². The molecule has 0 radical (unpaired) electrons. The van der Waals surface area contributed by atoms with Crippen LogP contribution in [0.5, 0.6) is 0 Å². The van der Waals surface area contributed by atoms with Crippen molar-refractivity contribution in [3.63, 3.8) is 0 Å². The van der Waals surface area contributed by atoms with Crippen molar-refractivity contribution in [2.75, 3.05) is 10.2 Å². The maximum absolute atomic E-state index is 13.7. The van der Waals surface area contributed by atoms with Crippen LogP contribution in [-0.4, -0.2) is 29.8 Å². The number of nitrogens with one attached hydrogen (secondary N) is 2. The minimum Gasteiger partial charge on any atom is -0.348 e. The van der Waals surface area contributed by atoms with Crippen molar-refractivity contribution in [3.8, 4) is 0 Å². The summed E-state index contributed by atoms with van der Waals surface area (Å²) in [5.74, 6) is -1.16. The highest BCUT2D eigenvalue weighted by molar-refractivity contribution is 7.10. The summed E-state index contributed by atoms with van der Waals surface area (Å²) in [5, 5.41) is 7.81. The van der Waals surface area contributed by atoms with Gasteiger partial charge in [0.1, 0.15) is 5.82 Å². The number of nitrogens with zero attached hydrogens (tertiary/aromatic N) is 1. The molecule has 2 heterocycles. The number of carbonyl (C=O) groups excluding carboxylic acids is 3. The first-order valence-electron chi connectivity index (χ1n) is 12.5. The molecular formula is C28H29FN4O3S. The van der Waals surface area contributed by atoms with E-state index in [9.17, 15) is 18.8 Å². The number of fused-ring (bicyclic) bond motifs is 1. The summed E-state index contributed by atoms with van der Waals surface area (Å²) in [6.07, 6.45) is 3.93. The Hall–Kier alpha value is -3.56. The Bertz CT molecular complexity index is 1300. The molecule has 3 aromatic rings. The number of halogens is 1. The molecule has 3 unspecified atom stereocenters. The fraction of sp³-hybridized carbons (Fsp3) is 0.321. The predicted octanol–water partition coefficient (Wildman–Crippen LogP) is 4.55. The zero-order valence-corrected chi connectivity index (χ0v) is 21.1. The van der Waals surface area contributed by atoms with Gasteiger partial charge in [-0.1, -0.05) is 31.0 Å². The molecule has 1 aromatic heterocycles. The zero-order valence-electron chi connectivity index (χ0n) is 20.3. The molecule has 0 saturated heterocycles. The third-order valence-corrected chi connectivity index (χ3v) is 7.92. The lowest BCUT2D eigenvalue weighted by Gasteiger charge is -2.31. The van der Waals surface area contributed by atoms with Crippen LogP contribution in [0.15, 0.2) is 60.0 Å². The fourth-order valence-corrected chi connectivity index (χ4v) is 5.82. The Labute approximate surface area is 218 Å². The molecule has 1 fully saturated rings. The van der Waals surface area contributed by atoms with Gasteiger partial charge in [0.25, 0.3) is 5.91 Å². The molecule has 1 aliphatic carbocycles. The van der Waals surface area contributed by atoms with E-state index < -0.39 is 11.9 Å². The van der Waals surface area contributed by atoms with Crippen molar-refractivity contribution < 1.29 is 18.8 Å². The third kappa shape index (κ3) is 5.57. The maximum Gasteiger partial charge on any atom is 0.251 e. The first-order chi connectivity index (χ1) is 17.9. The predicted molar refractivity (Wildman–Crippen MR) is 142 cm³/mol. The van der Waals surface area contributed by atoms with Gasteiger partial charge >= 0.3 is 0 Å². The van der Waals surface area contributed by atoms with Crippen molar-refractivity contribution in [2.45, 2.75) is 56.7 Å². The number of thiophene rings is 1. The highest BCUT2D eigenvalue weighted by atomic mass is 32.1. The topological polar surface area (TPSA) is 105 Å². The molecule has 5 rings (SSSR count). The number of anilines is 2. The monoisotopic (exact) mass is 520 g/mol. The molecule has 192 valence electrons. The lowest BCUT2D eigenvalue weighted by atomic mass is 9.91. The Morgan fingerprint density at radius 1 is 1.11 bits per heavy atom. The lowest BCUT2D eigenvalue weighted by Crippen LogP contribution is -2.49. The van der Waals surface area contributed by atoms with Crippen LogP contribution < -0.4 is 21.3 Å². The van der Waals surface area contributed by atoms with E-state index in [1.54, 1.807) is 35.2 Å². The molecule has 0 bridgehead atoms. The number of carbonyl (C=O) groups is 3. The summed E-state index contributed by atoms with van der Waals surface area (Å²) in [7, 11) is 0. The van der Waals surface area contributed by atoms with Gasteiger partial charge in [-0.2, -0.15) is 0 Å². The van der Waals surface area contributed by atoms with Crippen molar-refractivity contribution in [1.82, 2.24) is 5.32 Å². The van der Waals surface area contributed by atoms with Gasteiger partial charge < -0.3 is 21.3 Å². The standard InChI is InChI=1S/C28H29FN4O3S/c29-19-10-7-17(8-11-19)25-16-26(34)31-23-14-18(28(36)32-22-6-2-1-5-21(22)30)9-12-24(23)33(25)27(35)15-20-4-3-13-37-20/h3-4,7-14,21-22,25H,1-2,5-6,15-16,30H2,(H,31,34)(H,32,36). The van der Waals surface area contributed by atoms with E-state index in [0.717, 1.165) is 30.6 Å². The summed E-state index contributed by atoms with van der Waals surface area (Å²) in [4.78, 5) is 42.2. The Balaban J connectivity index is 1.50. The summed E-state index contributed by atoms with van der Waals surface area (Å²) in [5.41, 5.74) is 8.11. The summed E-state index contributed by atoms with van der Waals surface area (Å²) in [6.45, 7) is 0. The first kappa shape index (κ1) is 25.1. The van der Waals surface area contributed by atoms with E-state index in [1.165, 1.54) is 23.5 Å². The number of rotatable bonds is 5. The second-order valence-corrected chi connectivity index (χ2v) is 10.6. The summed E-state index contributed by atoms with van der Waals surface area (Å²) < 4.78 is 13.7. The number of hydrogen-bond acceptors (Lipinski definition) is 5. The zero-order chi connectivity index (χ0) is 25.9. The van der Waals surface area contributed by atoms with Gasteiger partial charge in [0.15, 0.2) is 0 Å². The smallest absolute Gasteiger partial charge is 0.251 e. The van der Waals surface area contributed by atoms with Crippen LogP contribution >= 0.6 is 11.3 Å². The molecule has 3 atom stereocenters. The SMILES string of the molecule is NC1CCCCC1NC(=O)c1ccc2c(c1)NC(=O)CC(c1ccc(F)cc1)N2C(=O)Cc1cccs1. The molecule has 7 nitrogen and oxygen atoms in total. The number of benzene rings is 2. The lowest BCUT2D eigenvalue weighted by molar-refractivity contribution is -0.119. The summed E-state index contributed by atoms with van der Waals surface area (Å²) in [6, 6.07) is 13.8. The van der Waals surface area contributed by atoms with Gasteiger partial charge in [-0.25, -0.2) is 4.39 Å². The minimum absolute atomic E-state index is 0.00501. The van der Waals surface area contributed by atoms with Gasteiger partial charge in [-0.3, -0.25) is 14.4 Å². The average Bonchev–Trinajstić information content (AvgIpc) is 3.34. The van der Waals surface area contributed by atoms with Crippen LogP contribution in [0, 0.1) is 5.82 Å². The maximum atomic E-state index is 13.7.